The second-order valence-electron chi connectivity index (χ2n) is 13.0. The van der Waals surface area contributed by atoms with E-state index in [4.69, 9.17) is 20.2 Å². The maximum atomic E-state index is 11.3. The second-order valence-corrected chi connectivity index (χ2v) is 13.0. The van der Waals surface area contributed by atoms with Gasteiger partial charge in [0.2, 0.25) is 0 Å². The highest BCUT2D eigenvalue weighted by Crippen LogP contribution is 2.44. The van der Waals surface area contributed by atoms with Crippen molar-refractivity contribution in [3.05, 3.63) is 42.2 Å². The lowest BCUT2D eigenvalue weighted by molar-refractivity contribution is -0.374. The molecule has 0 bridgehead atoms. The first-order valence-electron chi connectivity index (χ1n) is 14.6. The quantitative estimate of drug-likeness (QED) is 0.224. The molecule has 2 saturated heterocycles. The number of anilines is 1. The number of aromatic nitrogens is 6. The number of nitrogen functional groups attached to an aromatic ring is 1. The average molecular weight is 579 g/mol. The summed E-state index contributed by atoms with van der Waals surface area (Å²) in [5.41, 5.74) is 10.2. The summed E-state index contributed by atoms with van der Waals surface area (Å²) in [4.78, 5) is 22.5. The molecule has 1 saturated carbocycles. The number of imidazole rings is 2. The Labute approximate surface area is 242 Å². The van der Waals surface area contributed by atoms with Gasteiger partial charge in [-0.2, -0.15) is 0 Å². The molecule has 224 valence electrons. The fourth-order valence-corrected chi connectivity index (χ4v) is 6.66. The van der Waals surface area contributed by atoms with Crippen LogP contribution in [0.15, 0.2) is 30.9 Å². The highest BCUT2D eigenvalue weighted by Gasteiger charge is 2.58. The number of nitrogens with two attached hydrogens (primary N) is 1. The monoisotopic (exact) mass is 578 g/mol. The van der Waals surface area contributed by atoms with Crippen molar-refractivity contribution in [2.75, 3.05) is 18.9 Å². The minimum absolute atomic E-state index is 0.0134. The normalized spacial score (nSPS) is 32.0. The Balaban J connectivity index is 1.00. The van der Waals surface area contributed by atoms with Crippen molar-refractivity contribution in [1.29, 1.82) is 0 Å². The van der Waals surface area contributed by atoms with E-state index in [1.165, 1.54) is 18.2 Å². The van der Waals surface area contributed by atoms with Gasteiger partial charge in [-0.3, -0.25) is 4.57 Å². The Kier molecular flexibility index (Phi) is 6.53. The first-order chi connectivity index (χ1) is 20.0. The molecular formula is C29H38N8O5. The summed E-state index contributed by atoms with van der Waals surface area (Å²) in [6.07, 6.45) is 3.00. The molecule has 0 radical (unpaired) electrons. The number of benzene rings is 1. The molecule has 7 rings (SSSR count). The predicted molar refractivity (Wildman–Crippen MR) is 153 cm³/mol. The third-order valence-electron chi connectivity index (χ3n) is 9.16. The number of H-pyrrole nitrogens is 1. The predicted octanol–water partition coefficient (Wildman–Crippen LogP) is 1.59. The first kappa shape index (κ1) is 27.6. The molecule has 3 aromatic heterocycles. The summed E-state index contributed by atoms with van der Waals surface area (Å²) in [7, 11) is 0. The molecule has 0 spiro atoms. The minimum atomic E-state index is -1.91. The first-order valence-corrected chi connectivity index (χ1v) is 14.6. The Hall–Kier alpha value is -3.20. The maximum absolute atomic E-state index is 11.3. The largest absolute Gasteiger partial charge is 0.389 e. The van der Waals surface area contributed by atoms with Gasteiger partial charge in [-0.05, 0) is 48.3 Å². The van der Waals surface area contributed by atoms with Gasteiger partial charge in [0.05, 0.1) is 17.4 Å². The summed E-state index contributed by atoms with van der Waals surface area (Å²) in [6, 6.07) is 6.43. The lowest BCUT2D eigenvalue weighted by Crippen LogP contribution is -2.68. The molecule has 6 N–H and O–H groups in total. The SMILES string of the molecule is CC(C)(C)c1ccc2nc(CCC3CC(N4C[C@H]5O[C@@H](n6cnc7c(N)ncnc76)[C@H](O)[C@@H]5OC4(O)CO)C3)[nH]c2c1. The second kappa shape index (κ2) is 9.93. The lowest BCUT2D eigenvalue weighted by atomic mass is 9.76. The van der Waals surface area contributed by atoms with Crippen molar-refractivity contribution in [2.24, 2.45) is 5.92 Å². The molecule has 1 aliphatic carbocycles. The van der Waals surface area contributed by atoms with Crippen molar-refractivity contribution in [1.82, 2.24) is 34.4 Å². The number of nitrogens with zero attached hydrogens (tertiary/aromatic N) is 6. The number of aliphatic hydroxyl groups is 3. The van der Waals surface area contributed by atoms with Crippen molar-refractivity contribution in [3.8, 4) is 0 Å². The number of hydrogen-bond donors (Lipinski definition) is 5. The van der Waals surface area contributed by atoms with E-state index in [2.05, 4.69) is 58.9 Å². The smallest absolute Gasteiger partial charge is 0.252 e. The van der Waals surface area contributed by atoms with Gasteiger partial charge in [-0.25, -0.2) is 24.8 Å². The zero-order valence-corrected chi connectivity index (χ0v) is 24.0. The minimum Gasteiger partial charge on any atom is -0.389 e. The van der Waals surface area contributed by atoms with Crippen LogP contribution < -0.4 is 5.73 Å². The number of hydrogen-bond acceptors (Lipinski definition) is 11. The van der Waals surface area contributed by atoms with Gasteiger partial charge in [0.1, 0.15) is 42.6 Å². The number of nitrogens with one attached hydrogen (secondary N) is 1. The number of aryl methyl sites for hydroxylation is 1. The molecule has 0 amide bonds. The van der Waals surface area contributed by atoms with E-state index in [1.807, 2.05) is 0 Å². The van der Waals surface area contributed by atoms with E-state index in [9.17, 15) is 15.3 Å². The molecule has 1 aromatic carbocycles. The maximum Gasteiger partial charge on any atom is 0.252 e. The zero-order valence-electron chi connectivity index (χ0n) is 24.0. The molecule has 1 unspecified atom stereocenters. The Morgan fingerprint density at radius 1 is 1.19 bits per heavy atom. The highest BCUT2D eigenvalue weighted by molar-refractivity contribution is 5.81. The van der Waals surface area contributed by atoms with Crippen LogP contribution in [0.5, 0.6) is 0 Å². The van der Waals surface area contributed by atoms with Crippen LogP contribution in [-0.2, 0) is 21.3 Å². The van der Waals surface area contributed by atoms with E-state index in [0.29, 0.717) is 23.6 Å². The topological polar surface area (TPSA) is 181 Å². The zero-order chi connectivity index (χ0) is 29.4. The van der Waals surface area contributed by atoms with Gasteiger partial charge in [0.25, 0.3) is 5.91 Å². The number of fused-ring (bicyclic) bond motifs is 3. The van der Waals surface area contributed by atoms with Gasteiger partial charge in [-0.1, -0.05) is 26.8 Å². The number of aromatic amines is 1. The van der Waals surface area contributed by atoms with E-state index in [-0.39, 0.29) is 17.3 Å². The summed E-state index contributed by atoms with van der Waals surface area (Å²) in [5.74, 6) is -0.244. The van der Waals surface area contributed by atoms with E-state index < -0.39 is 37.1 Å². The van der Waals surface area contributed by atoms with Crippen LogP contribution in [0.3, 0.4) is 0 Å². The van der Waals surface area contributed by atoms with Crippen LogP contribution in [-0.4, -0.2) is 93.1 Å². The molecule has 13 heteroatoms. The number of rotatable bonds is 6. The Bertz CT molecular complexity index is 1610. The van der Waals surface area contributed by atoms with E-state index >= 15 is 0 Å². The average Bonchev–Trinajstić information content (AvgIpc) is 3.62. The van der Waals surface area contributed by atoms with Crippen LogP contribution in [0.4, 0.5) is 5.82 Å². The van der Waals surface area contributed by atoms with Crippen molar-refractivity contribution >= 4 is 28.0 Å². The fraction of sp³-hybridized carbons (Fsp3) is 0.586. The molecule has 3 fully saturated rings. The third-order valence-corrected chi connectivity index (χ3v) is 9.16. The highest BCUT2D eigenvalue weighted by atomic mass is 16.7. The van der Waals surface area contributed by atoms with Crippen LogP contribution >= 0.6 is 0 Å². The van der Waals surface area contributed by atoms with Crippen molar-refractivity contribution in [2.45, 2.75) is 88.4 Å². The molecule has 4 aromatic rings. The Morgan fingerprint density at radius 2 is 2.00 bits per heavy atom. The summed E-state index contributed by atoms with van der Waals surface area (Å²) in [6.45, 7) is 6.29. The van der Waals surface area contributed by atoms with Gasteiger partial charge in [-0.15, -0.1) is 0 Å². The van der Waals surface area contributed by atoms with Crippen LogP contribution in [0, 0.1) is 5.92 Å². The molecule has 5 heterocycles. The summed E-state index contributed by atoms with van der Waals surface area (Å²) in [5, 5.41) is 32.7. The van der Waals surface area contributed by atoms with Gasteiger partial charge in [0.15, 0.2) is 17.7 Å². The third kappa shape index (κ3) is 4.55. The fourth-order valence-electron chi connectivity index (χ4n) is 6.66. The molecule has 3 aliphatic rings. The number of aliphatic hydroxyl groups excluding tert-OH is 2. The Morgan fingerprint density at radius 3 is 2.76 bits per heavy atom. The van der Waals surface area contributed by atoms with Crippen LogP contribution in [0.25, 0.3) is 22.2 Å². The standard InChI is InChI=1S/C29H38N8O5/c1-28(2,3)16-5-6-18-19(10-16)35-21(34-18)7-4-15-8-17(9-15)37-11-20-24(42-29(37,40)12-38)23(39)27(41-20)36-14-33-22-25(30)31-13-32-26(22)36/h5-6,10,13-15,17,20,23-24,27,38-40H,4,7-9,11-12H2,1-3H3,(H,34,35)(H2,30,31,32)/t15?,17?,20-,23-,24-,27-,29?/m1/s1. The number of ether oxygens (including phenoxy) is 2. The van der Waals surface area contributed by atoms with Gasteiger partial charge < -0.3 is 35.5 Å². The molecular weight excluding hydrogens is 540 g/mol. The molecule has 13 nitrogen and oxygen atoms in total. The van der Waals surface area contributed by atoms with Gasteiger partial charge >= 0.3 is 0 Å². The van der Waals surface area contributed by atoms with Crippen molar-refractivity contribution < 1.29 is 24.8 Å². The van der Waals surface area contributed by atoms with E-state index in [0.717, 1.165) is 42.5 Å². The van der Waals surface area contributed by atoms with Crippen LogP contribution in [0.2, 0.25) is 0 Å². The summed E-state index contributed by atoms with van der Waals surface area (Å²) >= 11 is 0. The summed E-state index contributed by atoms with van der Waals surface area (Å²) < 4.78 is 13.8. The lowest BCUT2D eigenvalue weighted by Gasteiger charge is -2.53. The van der Waals surface area contributed by atoms with E-state index in [1.54, 1.807) is 9.47 Å². The van der Waals surface area contributed by atoms with Gasteiger partial charge in [0, 0.05) is 19.0 Å². The molecule has 5 atom stereocenters. The molecule has 2 aliphatic heterocycles. The van der Waals surface area contributed by atoms with Crippen LogP contribution in [0.1, 0.15) is 57.6 Å². The van der Waals surface area contributed by atoms with Crippen molar-refractivity contribution in [3.63, 3.8) is 0 Å². The molecule has 42 heavy (non-hydrogen) atoms.